The third-order valence-corrected chi connectivity index (χ3v) is 6.99. The summed E-state index contributed by atoms with van der Waals surface area (Å²) < 4.78 is 0. The Labute approximate surface area is 203 Å². The minimum absolute atomic E-state index is 0.120. The monoisotopic (exact) mass is 444 g/mol. The van der Waals surface area contributed by atoms with E-state index in [-0.39, 0.29) is 16.6 Å². The van der Waals surface area contributed by atoms with Crippen molar-refractivity contribution < 1.29 is 4.79 Å². The summed E-state index contributed by atoms with van der Waals surface area (Å²) in [5.41, 5.74) is 11.2. The maximum atomic E-state index is 13.1. The van der Waals surface area contributed by atoms with Gasteiger partial charge in [0.2, 0.25) is 0 Å². The minimum Gasteiger partial charge on any atom is -0.289 e. The Morgan fingerprint density at radius 3 is 1.06 bits per heavy atom. The predicted molar refractivity (Wildman–Crippen MR) is 144 cm³/mol. The highest BCUT2D eigenvalue weighted by molar-refractivity contribution is 6.22. The van der Waals surface area contributed by atoms with Gasteiger partial charge in [0.25, 0.3) is 0 Å². The van der Waals surface area contributed by atoms with Crippen molar-refractivity contribution >= 4 is 5.78 Å². The first-order valence-corrected chi connectivity index (χ1v) is 12.1. The van der Waals surface area contributed by atoms with Gasteiger partial charge in [0.15, 0.2) is 5.78 Å². The molecule has 0 bridgehead atoms. The molecule has 0 radical (unpaired) electrons. The van der Waals surface area contributed by atoms with Crippen LogP contribution in [-0.2, 0) is 10.8 Å². The standard InChI is InChI=1S/C33H32O/c1-32(2,3)25-13-7-21(8-14-25)23-11-17-27-29(19-23)30-20-24(12-18-28(30)31(27)34)22-9-15-26(16-10-22)33(4,5)6/h7-20H,1-6H3. The fourth-order valence-electron chi connectivity index (χ4n) is 4.76. The number of fused-ring (bicyclic) bond motifs is 3. The summed E-state index contributed by atoms with van der Waals surface area (Å²) in [7, 11) is 0. The second kappa shape index (κ2) is 7.81. The Bertz CT molecular complexity index is 1280. The van der Waals surface area contributed by atoms with Crippen LogP contribution in [0.15, 0.2) is 84.9 Å². The largest absolute Gasteiger partial charge is 0.289 e. The summed E-state index contributed by atoms with van der Waals surface area (Å²) in [4.78, 5) is 13.1. The normalized spacial score (nSPS) is 13.1. The summed E-state index contributed by atoms with van der Waals surface area (Å²) in [6.07, 6.45) is 0. The predicted octanol–water partition coefficient (Wildman–Crippen LogP) is 8.83. The molecule has 1 aliphatic carbocycles. The molecule has 34 heavy (non-hydrogen) atoms. The number of carbonyl (C=O) groups is 1. The van der Waals surface area contributed by atoms with Crippen LogP contribution in [0.25, 0.3) is 33.4 Å². The quantitative estimate of drug-likeness (QED) is 0.266. The molecule has 0 saturated carbocycles. The number of ketones is 1. The van der Waals surface area contributed by atoms with Gasteiger partial charge in [-0.05, 0) is 79.6 Å². The van der Waals surface area contributed by atoms with Gasteiger partial charge in [-0.3, -0.25) is 4.79 Å². The molecule has 0 aliphatic heterocycles. The topological polar surface area (TPSA) is 17.1 Å². The van der Waals surface area contributed by atoms with Crippen molar-refractivity contribution in [2.75, 3.05) is 0 Å². The van der Waals surface area contributed by atoms with E-state index in [0.717, 1.165) is 33.4 Å². The molecular formula is C33H32O. The maximum absolute atomic E-state index is 13.1. The third kappa shape index (κ3) is 3.90. The first-order valence-electron chi connectivity index (χ1n) is 12.1. The van der Waals surface area contributed by atoms with Gasteiger partial charge in [0.05, 0.1) is 0 Å². The summed E-state index contributed by atoms with van der Waals surface area (Å²) in [6.45, 7) is 13.4. The average Bonchev–Trinajstić information content (AvgIpc) is 3.09. The van der Waals surface area contributed by atoms with E-state index in [1.807, 2.05) is 12.1 Å². The smallest absolute Gasteiger partial charge is 0.194 e. The van der Waals surface area contributed by atoms with Crippen molar-refractivity contribution in [1.29, 1.82) is 0 Å². The zero-order valence-corrected chi connectivity index (χ0v) is 21.0. The molecule has 1 heteroatoms. The highest BCUT2D eigenvalue weighted by atomic mass is 16.1. The lowest BCUT2D eigenvalue weighted by Gasteiger charge is -2.19. The summed E-state index contributed by atoms with van der Waals surface area (Å²) >= 11 is 0. The van der Waals surface area contributed by atoms with E-state index >= 15 is 0 Å². The van der Waals surface area contributed by atoms with Crippen LogP contribution in [0.2, 0.25) is 0 Å². The molecule has 0 amide bonds. The fourth-order valence-corrected chi connectivity index (χ4v) is 4.76. The Morgan fingerprint density at radius 1 is 0.412 bits per heavy atom. The van der Waals surface area contributed by atoms with Crippen molar-refractivity contribution in [2.24, 2.45) is 0 Å². The van der Waals surface area contributed by atoms with Gasteiger partial charge >= 0.3 is 0 Å². The molecule has 0 heterocycles. The van der Waals surface area contributed by atoms with E-state index in [4.69, 9.17) is 0 Å². The molecule has 1 aliphatic rings. The van der Waals surface area contributed by atoms with E-state index in [2.05, 4.69) is 114 Å². The van der Waals surface area contributed by atoms with Crippen LogP contribution in [0.1, 0.15) is 68.6 Å². The molecule has 0 unspecified atom stereocenters. The Morgan fingerprint density at radius 2 is 0.735 bits per heavy atom. The van der Waals surface area contributed by atoms with E-state index in [0.29, 0.717) is 0 Å². The van der Waals surface area contributed by atoms with E-state index in [1.54, 1.807) is 0 Å². The first kappa shape index (κ1) is 22.3. The third-order valence-electron chi connectivity index (χ3n) is 6.99. The average molecular weight is 445 g/mol. The first-order chi connectivity index (χ1) is 16.0. The zero-order chi connectivity index (χ0) is 24.3. The molecule has 4 aromatic carbocycles. The molecule has 170 valence electrons. The minimum atomic E-state index is 0.120. The lowest BCUT2D eigenvalue weighted by atomic mass is 9.86. The van der Waals surface area contributed by atoms with Crippen LogP contribution in [-0.4, -0.2) is 5.78 Å². The van der Waals surface area contributed by atoms with Crippen molar-refractivity contribution in [1.82, 2.24) is 0 Å². The second-order valence-corrected chi connectivity index (χ2v) is 11.5. The molecule has 0 saturated heterocycles. The van der Waals surface area contributed by atoms with Crippen LogP contribution < -0.4 is 0 Å². The zero-order valence-electron chi connectivity index (χ0n) is 21.0. The molecule has 0 fully saturated rings. The summed E-state index contributed by atoms with van der Waals surface area (Å²) in [5.74, 6) is 0.120. The van der Waals surface area contributed by atoms with Gasteiger partial charge in [-0.1, -0.05) is 102 Å². The highest BCUT2D eigenvalue weighted by Gasteiger charge is 2.27. The number of rotatable bonds is 2. The SMILES string of the molecule is CC(C)(C)c1ccc(-c2ccc3c(c2)-c2cc(-c4ccc(C(C)(C)C)cc4)ccc2C3=O)cc1. The molecule has 5 rings (SSSR count). The van der Waals surface area contributed by atoms with Crippen LogP contribution in [0.5, 0.6) is 0 Å². The second-order valence-electron chi connectivity index (χ2n) is 11.5. The maximum Gasteiger partial charge on any atom is 0.194 e. The Balaban J connectivity index is 1.54. The van der Waals surface area contributed by atoms with Crippen molar-refractivity contribution in [3.05, 3.63) is 107 Å². The van der Waals surface area contributed by atoms with Gasteiger partial charge in [0, 0.05) is 11.1 Å². The lowest BCUT2D eigenvalue weighted by Crippen LogP contribution is -2.10. The van der Waals surface area contributed by atoms with Gasteiger partial charge in [0.1, 0.15) is 0 Å². The number of hydrogen-bond acceptors (Lipinski definition) is 1. The van der Waals surface area contributed by atoms with Gasteiger partial charge in [-0.15, -0.1) is 0 Å². The van der Waals surface area contributed by atoms with Crippen LogP contribution in [0.4, 0.5) is 0 Å². The van der Waals surface area contributed by atoms with Crippen molar-refractivity contribution in [3.63, 3.8) is 0 Å². The number of hydrogen-bond donors (Lipinski definition) is 0. The summed E-state index contributed by atoms with van der Waals surface area (Å²) in [6, 6.07) is 30.1. The molecule has 4 aromatic rings. The van der Waals surface area contributed by atoms with Crippen LogP contribution in [0, 0.1) is 0 Å². The molecule has 0 N–H and O–H groups in total. The lowest BCUT2D eigenvalue weighted by molar-refractivity contribution is 0.104. The molecule has 0 atom stereocenters. The molecule has 0 aromatic heterocycles. The fraction of sp³-hybridized carbons (Fsp3) is 0.242. The van der Waals surface area contributed by atoms with Gasteiger partial charge in [-0.25, -0.2) is 0 Å². The molecule has 1 nitrogen and oxygen atoms in total. The van der Waals surface area contributed by atoms with E-state index in [1.165, 1.54) is 22.3 Å². The highest BCUT2D eigenvalue weighted by Crippen LogP contribution is 2.41. The number of carbonyl (C=O) groups excluding carboxylic acids is 1. The van der Waals surface area contributed by atoms with Crippen LogP contribution in [0.3, 0.4) is 0 Å². The van der Waals surface area contributed by atoms with Crippen LogP contribution >= 0.6 is 0 Å². The van der Waals surface area contributed by atoms with E-state index < -0.39 is 0 Å². The molecule has 0 spiro atoms. The van der Waals surface area contributed by atoms with Crippen molar-refractivity contribution in [3.8, 4) is 33.4 Å². The molecular weight excluding hydrogens is 412 g/mol. The summed E-state index contributed by atoms with van der Waals surface area (Å²) in [5, 5.41) is 0. The van der Waals surface area contributed by atoms with Gasteiger partial charge < -0.3 is 0 Å². The van der Waals surface area contributed by atoms with Crippen molar-refractivity contribution in [2.45, 2.75) is 52.4 Å². The number of benzene rings is 4. The van der Waals surface area contributed by atoms with E-state index in [9.17, 15) is 4.79 Å². The Hall–Kier alpha value is -3.45. The van der Waals surface area contributed by atoms with Gasteiger partial charge in [-0.2, -0.15) is 0 Å². The Kier molecular flexibility index (Phi) is 5.13.